The molecular weight excluding hydrogens is 180 g/mol. The molecule has 1 unspecified atom stereocenters. The average Bonchev–Trinajstić information content (AvgIpc) is 1.94. The van der Waals surface area contributed by atoms with Gasteiger partial charge in [-0.1, -0.05) is 0 Å². The maximum absolute atomic E-state index is 5.36. The van der Waals surface area contributed by atoms with Gasteiger partial charge < -0.3 is 4.90 Å². The van der Waals surface area contributed by atoms with Gasteiger partial charge in [0.15, 0.2) is 6.23 Å². The second kappa shape index (κ2) is 5.66. The Balaban J connectivity index is 3.98. The lowest BCUT2D eigenvalue weighted by Crippen LogP contribution is -2.41. The molecule has 4 heteroatoms. The highest BCUT2D eigenvalue weighted by molar-refractivity contribution is 4.58. The summed E-state index contributed by atoms with van der Waals surface area (Å²) in [6.07, 6.45) is -0.0378. The van der Waals surface area contributed by atoms with Crippen LogP contribution in [0.1, 0.15) is 20.8 Å². The molecule has 0 aliphatic rings. The molecule has 0 aliphatic carbocycles. The van der Waals surface area contributed by atoms with Gasteiger partial charge in [0.25, 0.3) is 0 Å². The lowest BCUT2D eigenvalue weighted by Gasteiger charge is -2.29. The van der Waals surface area contributed by atoms with Crippen molar-refractivity contribution in [1.29, 1.82) is 0 Å². The van der Waals surface area contributed by atoms with Crippen molar-refractivity contribution in [1.82, 2.24) is 9.80 Å². The maximum Gasteiger partial charge on any atom is 0.158 e. The third-order valence-electron chi connectivity index (χ3n) is 1.51. The molecule has 86 valence electrons. The van der Waals surface area contributed by atoms with Gasteiger partial charge in [0.1, 0.15) is 0 Å². The van der Waals surface area contributed by atoms with E-state index in [2.05, 4.69) is 4.90 Å². The number of nitrogens with zero attached hydrogens (tertiary/aromatic N) is 2. The molecule has 0 radical (unpaired) electrons. The number of likely N-dealkylation sites (N-methyl/N-ethyl adjacent to an activating group) is 2. The molecular formula is C10H24N2O2. The van der Waals surface area contributed by atoms with E-state index in [0.717, 1.165) is 6.54 Å². The Morgan fingerprint density at radius 1 is 1.07 bits per heavy atom. The minimum atomic E-state index is -0.263. The van der Waals surface area contributed by atoms with E-state index in [1.54, 1.807) is 0 Å². The quantitative estimate of drug-likeness (QED) is 0.381. The molecule has 1 atom stereocenters. The zero-order valence-corrected chi connectivity index (χ0v) is 10.5. The first-order valence-corrected chi connectivity index (χ1v) is 4.88. The van der Waals surface area contributed by atoms with E-state index in [-0.39, 0.29) is 11.8 Å². The van der Waals surface area contributed by atoms with Gasteiger partial charge in [0.2, 0.25) is 0 Å². The highest BCUT2D eigenvalue weighted by atomic mass is 17.2. The summed E-state index contributed by atoms with van der Waals surface area (Å²) in [6, 6.07) is 0. The molecule has 0 N–H and O–H groups in total. The SMILES string of the molecule is CN(C)CC(OOC(C)(C)C)N(C)C. The van der Waals surface area contributed by atoms with Crippen LogP contribution in [-0.4, -0.2) is 56.4 Å². The summed E-state index contributed by atoms with van der Waals surface area (Å²) in [6.45, 7) is 6.71. The Morgan fingerprint density at radius 2 is 1.57 bits per heavy atom. The Kier molecular flexibility index (Phi) is 5.59. The number of hydrogen-bond acceptors (Lipinski definition) is 4. The summed E-state index contributed by atoms with van der Waals surface area (Å²) >= 11 is 0. The van der Waals surface area contributed by atoms with Crippen LogP contribution < -0.4 is 0 Å². The standard InChI is InChI=1S/C10H24N2O2/c1-10(2,3)14-13-9(12(6)7)8-11(4)5/h9H,8H2,1-7H3. The maximum atomic E-state index is 5.36. The topological polar surface area (TPSA) is 24.9 Å². The van der Waals surface area contributed by atoms with Crippen molar-refractivity contribution in [2.75, 3.05) is 34.7 Å². The van der Waals surface area contributed by atoms with E-state index in [9.17, 15) is 0 Å². The van der Waals surface area contributed by atoms with E-state index in [1.165, 1.54) is 0 Å². The molecule has 0 rings (SSSR count). The van der Waals surface area contributed by atoms with E-state index >= 15 is 0 Å². The van der Waals surface area contributed by atoms with Gasteiger partial charge in [0.05, 0.1) is 5.60 Å². The third kappa shape index (κ3) is 7.26. The van der Waals surface area contributed by atoms with Crippen molar-refractivity contribution in [3.05, 3.63) is 0 Å². The molecule has 0 saturated heterocycles. The van der Waals surface area contributed by atoms with Gasteiger partial charge in [0, 0.05) is 6.54 Å². The van der Waals surface area contributed by atoms with Gasteiger partial charge >= 0.3 is 0 Å². The average molecular weight is 204 g/mol. The van der Waals surface area contributed by atoms with E-state index in [4.69, 9.17) is 9.78 Å². The van der Waals surface area contributed by atoms with Crippen molar-refractivity contribution in [3.8, 4) is 0 Å². The van der Waals surface area contributed by atoms with Crippen LogP contribution in [0.4, 0.5) is 0 Å². The van der Waals surface area contributed by atoms with Crippen molar-refractivity contribution < 1.29 is 9.78 Å². The predicted octanol–water partition coefficient (Wildman–Crippen LogP) is 1.18. The molecule has 4 nitrogen and oxygen atoms in total. The summed E-state index contributed by atoms with van der Waals surface area (Å²) in [7, 11) is 7.97. The molecule has 0 heterocycles. The van der Waals surface area contributed by atoms with Gasteiger partial charge in [-0.3, -0.25) is 4.90 Å². The second-order valence-electron chi connectivity index (χ2n) is 4.97. The largest absolute Gasteiger partial charge is 0.305 e. The highest BCUT2D eigenvalue weighted by Gasteiger charge is 2.19. The molecule has 0 amide bonds. The van der Waals surface area contributed by atoms with Crippen molar-refractivity contribution in [2.24, 2.45) is 0 Å². The Bertz CT molecular complexity index is 153. The lowest BCUT2D eigenvalue weighted by atomic mass is 10.2. The third-order valence-corrected chi connectivity index (χ3v) is 1.51. The monoisotopic (exact) mass is 204 g/mol. The van der Waals surface area contributed by atoms with E-state index in [1.807, 2.05) is 53.9 Å². The van der Waals surface area contributed by atoms with Gasteiger partial charge in [-0.2, -0.15) is 0 Å². The number of rotatable bonds is 5. The molecule has 0 spiro atoms. The first kappa shape index (κ1) is 13.8. The van der Waals surface area contributed by atoms with E-state index in [0.29, 0.717) is 0 Å². The fourth-order valence-corrected chi connectivity index (χ4v) is 0.792. The lowest BCUT2D eigenvalue weighted by molar-refractivity contribution is -0.392. The molecule has 0 saturated carbocycles. The normalized spacial score (nSPS) is 15.2. The van der Waals surface area contributed by atoms with Crippen molar-refractivity contribution in [2.45, 2.75) is 32.6 Å². The zero-order chi connectivity index (χ0) is 11.4. The molecule has 0 bridgehead atoms. The van der Waals surface area contributed by atoms with Crippen LogP contribution in [0.3, 0.4) is 0 Å². The van der Waals surface area contributed by atoms with Gasteiger partial charge in [-0.25, -0.2) is 9.78 Å². The van der Waals surface area contributed by atoms with Crippen LogP contribution in [0.2, 0.25) is 0 Å². The van der Waals surface area contributed by atoms with Crippen LogP contribution >= 0.6 is 0 Å². The number of hydrogen-bond donors (Lipinski definition) is 0. The van der Waals surface area contributed by atoms with Crippen LogP contribution in [0, 0.1) is 0 Å². The van der Waals surface area contributed by atoms with Gasteiger partial charge in [-0.15, -0.1) is 0 Å². The van der Waals surface area contributed by atoms with Crippen LogP contribution in [0.5, 0.6) is 0 Å². The van der Waals surface area contributed by atoms with Crippen molar-refractivity contribution >= 4 is 0 Å². The fraction of sp³-hybridized carbons (Fsp3) is 1.00. The minimum absolute atomic E-state index is 0.0378. The summed E-state index contributed by atoms with van der Waals surface area (Å²) in [5.74, 6) is 0. The molecule has 14 heavy (non-hydrogen) atoms. The Hall–Kier alpha value is -0.160. The first-order valence-electron chi connectivity index (χ1n) is 4.88. The highest BCUT2D eigenvalue weighted by Crippen LogP contribution is 2.10. The molecule has 0 fully saturated rings. The minimum Gasteiger partial charge on any atom is -0.305 e. The first-order chi connectivity index (χ1) is 6.22. The molecule has 0 aromatic heterocycles. The molecule has 0 aromatic carbocycles. The summed E-state index contributed by atoms with van der Waals surface area (Å²) < 4.78 is 0. The summed E-state index contributed by atoms with van der Waals surface area (Å²) in [5, 5.41) is 0. The Labute approximate surface area is 87.7 Å². The molecule has 0 aliphatic heterocycles. The smallest absolute Gasteiger partial charge is 0.158 e. The summed E-state index contributed by atoms with van der Waals surface area (Å²) in [4.78, 5) is 14.7. The van der Waals surface area contributed by atoms with Crippen LogP contribution in [0.15, 0.2) is 0 Å². The van der Waals surface area contributed by atoms with Crippen LogP contribution in [0.25, 0.3) is 0 Å². The second-order valence-corrected chi connectivity index (χ2v) is 4.97. The summed E-state index contributed by atoms with van der Waals surface area (Å²) in [5.41, 5.74) is -0.263. The van der Waals surface area contributed by atoms with Gasteiger partial charge in [-0.05, 0) is 49.0 Å². The van der Waals surface area contributed by atoms with E-state index < -0.39 is 0 Å². The zero-order valence-electron chi connectivity index (χ0n) is 10.5. The van der Waals surface area contributed by atoms with Crippen LogP contribution in [-0.2, 0) is 9.78 Å². The van der Waals surface area contributed by atoms with Crippen molar-refractivity contribution in [3.63, 3.8) is 0 Å². The Morgan fingerprint density at radius 3 is 1.86 bits per heavy atom. The predicted molar refractivity (Wildman–Crippen MR) is 58.0 cm³/mol. The fourth-order valence-electron chi connectivity index (χ4n) is 0.792. The molecule has 0 aromatic rings.